The van der Waals surface area contributed by atoms with Crippen LogP contribution in [0.2, 0.25) is 0 Å². The summed E-state index contributed by atoms with van der Waals surface area (Å²) < 4.78 is 25.1. The molecule has 1 aromatic heterocycles. The molecular weight excluding hydrogens is 236 g/mol. The van der Waals surface area contributed by atoms with Crippen LogP contribution in [0, 0.1) is 0 Å². The van der Waals surface area contributed by atoms with Gasteiger partial charge in [0.25, 0.3) is 6.43 Å². The Morgan fingerprint density at radius 1 is 1.65 bits per heavy atom. The molecular formula is C8H13F2N5O2. The van der Waals surface area contributed by atoms with E-state index in [2.05, 4.69) is 15.6 Å². The Labute approximate surface area is 95.6 Å². The number of hydrogen-bond donors (Lipinski definition) is 3. The van der Waals surface area contributed by atoms with Gasteiger partial charge in [0.1, 0.15) is 12.6 Å². The molecule has 0 fully saturated rings. The summed E-state index contributed by atoms with van der Waals surface area (Å²) >= 11 is 0. The Kier molecular flexibility index (Phi) is 4.91. The largest absolute Gasteiger partial charge is 0.385 e. The van der Waals surface area contributed by atoms with Gasteiger partial charge in [-0.1, -0.05) is 5.21 Å². The highest BCUT2D eigenvalue weighted by molar-refractivity contribution is 5.75. The highest BCUT2D eigenvalue weighted by atomic mass is 19.3. The number of hydrogen-bond acceptors (Lipinski definition) is 5. The number of nitrogens with zero attached hydrogens (tertiary/aromatic N) is 3. The fraction of sp³-hybridized carbons (Fsp3) is 0.625. The minimum atomic E-state index is -2.88. The van der Waals surface area contributed by atoms with Gasteiger partial charge in [0.05, 0.1) is 11.9 Å². The van der Waals surface area contributed by atoms with Gasteiger partial charge < -0.3 is 16.2 Å². The summed E-state index contributed by atoms with van der Waals surface area (Å²) in [5.74, 6) is -0.543. The van der Waals surface area contributed by atoms with E-state index in [1.165, 1.54) is 10.9 Å². The van der Waals surface area contributed by atoms with Crippen LogP contribution in [0.5, 0.6) is 0 Å². The third-order valence-electron chi connectivity index (χ3n) is 1.90. The SMILES string of the molecule is NCc1cn(CC(=O)NCC(O)C(F)F)nn1. The van der Waals surface area contributed by atoms with Crippen molar-refractivity contribution in [3.8, 4) is 0 Å². The molecule has 0 radical (unpaired) electrons. The fourth-order valence-electron chi connectivity index (χ4n) is 1.02. The molecule has 9 heteroatoms. The third-order valence-corrected chi connectivity index (χ3v) is 1.90. The number of nitrogens with one attached hydrogen (secondary N) is 1. The maximum absolute atomic E-state index is 11.9. The molecule has 1 heterocycles. The lowest BCUT2D eigenvalue weighted by Crippen LogP contribution is -2.37. The van der Waals surface area contributed by atoms with Crippen molar-refractivity contribution in [2.75, 3.05) is 6.54 Å². The van der Waals surface area contributed by atoms with E-state index in [-0.39, 0.29) is 13.1 Å². The molecule has 1 unspecified atom stereocenters. The molecule has 96 valence electrons. The molecule has 0 saturated heterocycles. The quantitative estimate of drug-likeness (QED) is 0.567. The molecule has 0 aliphatic heterocycles. The molecule has 1 amide bonds. The van der Waals surface area contributed by atoms with E-state index in [0.717, 1.165) is 0 Å². The lowest BCUT2D eigenvalue weighted by atomic mass is 10.3. The van der Waals surface area contributed by atoms with Gasteiger partial charge in [0, 0.05) is 13.1 Å². The Balaban J connectivity index is 2.34. The molecule has 0 aliphatic rings. The number of carbonyl (C=O) groups excluding carboxylic acids is 1. The summed E-state index contributed by atoms with van der Waals surface area (Å²) in [7, 11) is 0. The number of carbonyl (C=O) groups is 1. The smallest absolute Gasteiger partial charge is 0.265 e. The molecule has 7 nitrogen and oxygen atoms in total. The maximum Gasteiger partial charge on any atom is 0.265 e. The van der Waals surface area contributed by atoms with Crippen LogP contribution in [0.15, 0.2) is 6.20 Å². The second-order valence-corrected chi connectivity index (χ2v) is 3.32. The number of alkyl halides is 2. The summed E-state index contributed by atoms with van der Waals surface area (Å²) in [5.41, 5.74) is 5.81. The summed E-state index contributed by atoms with van der Waals surface area (Å²) in [6.45, 7) is -0.469. The van der Waals surface area contributed by atoms with E-state index in [1.807, 2.05) is 0 Å². The Morgan fingerprint density at radius 3 is 2.88 bits per heavy atom. The first-order valence-corrected chi connectivity index (χ1v) is 4.85. The number of aliphatic hydroxyl groups excluding tert-OH is 1. The minimum Gasteiger partial charge on any atom is -0.385 e. The maximum atomic E-state index is 11.9. The topological polar surface area (TPSA) is 106 Å². The number of halogens is 2. The van der Waals surface area contributed by atoms with Crippen LogP contribution in [0.1, 0.15) is 5.69 Å². The van der Waals surface area contributed by atoms with Crippen molar-refractivity contribution >= 4 is 5.91 Å². The number of aromatic nitrogens is 3. The highest BCUT2D eigenvalue weighted by Crippen LogP contribution is 1.98. The van der Waals surface area contributed by atoms with Gasteiger partial charge in [-0.25, -0.2) is 13.5 Å². The van der Waals surface area contributed by atoms with Crippen molar-refractivity contribution in [3.05, 3.63) is 11.9 Å². The van der Waals surface area contributed by atoms with Crippen molar-refractivity contribution in [2.24, 2.45) is 5.73 Å². The van der Waals surface area contributed by atoms with Crippen molar-refractivity contribution in [2.45, 2.75) is 25.6 Å². The van der Waals surface area contributed by atoms with E-state index < -0.39 is 25.0 Å². The second-order valence-electron chi connectivity index (χ2n) is 3.32. The summed E-state index contributed by atoms with van der Waals surface area (Å²) in [5, 5.41) is 18.2. The van der Waals surface area contributed by atoms with Crippen LogP contribution in [0.3, 0.4) is 0 Å². The average Bonchev–Trinajstić information content (AvgIpc) is 2.73. The Hall–Kier alpha value is -1.61. The van der Waals surface area contributed by atoms with Crippen molar-refractivity contribution in [1.82, 2.24) is 20.3 Å². The lowest BCUT2D eigenvalue weighted by molar-refractivity contribution is -0.122. The zero-order valence-electron chi connectivity index (χ0n) is 8.88. The van der Waals surface area contributed by atoms with E-state index in [1.54, 1.807) is 0 Å². The molecule has 0 saturated carbocycles. The van der Waals surface area contributed by atoms with Gasteiger partial charge in [0.15, 0.2) is 0 Å². The predicted octanol–water partition coefficient (Wildman–Crippen LogP) is -1.52. The fourth-order valence-corrected chi connectivity index (χ4v) is 1.02. The van der Waals surface area contributed by atoms with Crippen molar-refractivity contribution in [3.63, 3.8) is 0 Å². The molecule has 4 N–H and O–H groups in total. The van der Waals surface area contributed by atoms with Crippen LogP contribution < -0.4 is 11.1 Å². The second kappa shape index (κ2) is 6.21. The number of nitrogens with two attached hydrogens (primary N) is 1. The minimum absolute atomic E-state index is 0.164. The summed E-state index contributed by atoms with van der Waals surface area (Å²) in [4.78, 5) is 11.3. The van der Waals surface area contributed by atoms with Crippen molar-refractivity contribution < 1.29 is 18.7 Å². The van der Waals surface area contributed by atoms with Crippen molar-refractivity contribution in [1.29, 1.82) is 0 Å². The number of aliphatic hydroxyl groups is 1. The highest BCUT2D eigenvalue weighted by Gasteiger charge is 2.17. The van der Waals surface area contributed by atoms with Gasteiger partial charge in [-0.15, -0.1) is 5.10 Å². The first-order chi connectivity index (χ1) is 8.02. The molecule has 1 aromatic rings. The molecule has 0 bridgehead atoms. The number of amides is 1. The molecule has 0 aliphatic carbocycles. The van der Waals surface area contributed by atoms with E-state index in [4.69, 9.17) is 10.8 Å². The van der Waals surface area contributed by atoms with Crippen LogP contribution in [0.4, 0.5) is 8.78 Å². The van der Waals surface area contributed by atoms with Gasteiger partial charge >= 0.3 is 0 Å². The molecule has 1 rings (SSSR count). The summed E-state index contributed by atoms with van der Waals surface area (Å²) in [6, 6.07) is 0. The standard InChI is InChI=1S/C8H13F2N5O2/c9-8(10)6(16)2-12-7(17)4-15-3-5(1-11)13-14-15/h3,6,8,16H,1-2,4,11H2,(H,12,17). The molecule has 17 heavy (non-hydrogen) atoms. The van der Waals surface area contributed by atoms with Gasteiger partial charge in [-0.05, 0) is 0 Å². The predicted molar refractivity (Wildman–Crippen MR) is 52.9 cm³/mol. The first kappa shape index (κ1) is 13.5. The molecule has 0 spiro atoms. The van der Waals surface area contributed by atoms with Gasteiger partial charge in [-0.3, -0.25) is 4.79 Å². The third kappa shape index (κ3) is 4.41. The van der Waals surface area contributed by atoms with E-state index in [9.17, 15) is 13.6 Å². The average molecular weight is 249 g/mol. The molecule has 0 aromatic carbocycles. The van der Waals surface area contributed by atoms with Gasteiger partial charge in [0.2, 0.25) is 5.91 Å². The molecule has 1 atom stereocenters. The van der Waals surface area contributed by atoms with E-state index >= 15 is 0 Å². The van der Waals surface area contributed by atoms with Crippen LogP contribution >= 0.6 is 0 Å². The lowest BCUT2D eigenvalue weighted by Gasteiger charge is -2.10. The normalized spacial score (nSPS) is 12.8. The zero-order chi connectivity index (χ0) is 12.8. The first-order valence-electron chi connectivity index (χ1n) is 4.85. The van der Waals surface area contributed by atoms with Crippen LogP contribution in [-0.4, -0.2) is 45.1 Å². The number of rotatable bonds is 6. The van der Waals surface area contributed by atoms with Gasteiger partial charge in [-0.2, -0.15) is 0 Å². The van der Waals surface area contributed by atoms with Crippen LogP contribution in [-0.2, 0) is 17.9 Å². The Bertz CT molecular complexity index is 371. The zero-order valence-corrected chi connectivity index (χ0v) is 8.88. The monoisotopic (exact) mass is 249 g/mol. The van der Waals surface area contributed by atoms with E-state index in [0.29, 0.717) is 5.69 Å². The summed E-state index contributed by atoms with van der Waals surface area (Å²) in [6.07, 6.45) is -3.27. The Morgan fingerprint density at radius 2 is 2.35 bits per heavy atom. The van der Waals surface area contributed by atoms with Crippen LogP contribution in [0.25, 0.3) is 0 Å².